The summed E-state index contributed by atoms with van der Waals surface area (Å²) in [4.78, 5) is 40.7. The molecule has 156 valence electrons. The fraction of sp³-hybridized carbons (Fsp3) is 0.158. The number of nitrogens with two attached hydrogens (primary N) is 1. The molecule has 11 heteroatoms. The van der Waals surface area contributed by atoms with Gasteiger partial charge in [0.1, 0.15) is 17.3 Å². The van der Waals surface area contributed by atoms with Gasteiger partial charge in [-0.3, -0.25) is 24.7 Å². The summed E-state index contributed by atoms with van der Waals surface area (Å²) < 4.78 is 27.9. The zero-order valence-electron chi connectivity index (χ0n) is 15.6. The number of primary amides is 1. The molecule has 1 aliphatic heterocycles. The summed E-state index contributed by atoms with van der Waals surface area (Å²) >= 11 is 5.85. The van der Waals surface area contributed by atoms with Crippen molar-refractivity contribution in [2.75, 3.05) is 19.0 Å². The molecule has 1 unspecified atom stereocenters. The van der Waals surface area contributed by atoms with Crippen molar-refractivity contribution in [2.24, 2.45) is 10.7 Å². The maximum Gasteiger partial charge on any atom is 0.267 e. The summed E-state index contributed by atoms with van der Waals surface area (Å²) in [6, 6.07) is 6.65. The summed E-state index contributed by atoms with van der Waals surface area (Å²) in [5.41, 5.74) is 3.25. The van der Waals surface area contributed by atoms with Crippen LogP contribution in [0.1, 0.15) is 15.9 Å². The summed E-state index contributed by atoms with van der Waals surface area (Å²) in [6.45, 7) is -0.0745. The van der Waals surface area contributed by atoms with Crippen molar-refractivity contribution in [1.82, 2.24) is 10.6 Å². The van der Waals surface area contributed by atoms with Crippen molar-refractivity contribution >= 4 is 40.7 Å². The molecule has 0 fully saturated rings. The molecular formula is C19H16ClF2N5O3. The number of hydrogen-bond donors (Lipinski definition) is 4. The Kier molecular flexibility index (Phi) is 5.81. The zero-order valence-corrected chi connectivity index (χ0v) is 16.3. The number of anilines is 1. The zero-order chi connectivity index (χ0) is 22.1. The third kappa shape index (κ3) is 3.62. The second-order valence-corrected chi connectivity index (χ2v) is 6.72. The van der Waals surface area contributed by atoms with Gasteiger partial charge in [0.2, 0.25) is 5.91 Å². The lowest BCUT2D eigenvalue weighted by molar-refractivity contribution is -0.123. The average Bonchev–Trinajstić information content (AvgIpc) is 3.15. The molecule has 2 aromatic rings. The molecule has 30 heavy (non-hydrogen) atoms. The van der Waals surface area contributed by atoms with Crippen molar-refractivity contribution in [3.8, 4) is 0 Å². The number of rotatable bonds is 5. The number of nitrogens with one attached hydrogen (secondary N) is 3. The van der Waals surface area contributed by atoms with E-state index < -0.39 is 34.9 Å². The molecule has 8 nitrogen and oxygen atoms in total. The van der Waals surface area contributed by atoms with E-state index in [-0.39, 0.29) is 34.2 Å². The van der Waals surface area contributed by atoms with E-state index in [2.05, 4.69) is 20.9 Å². The Morgan fingerprint density at radius 1 is 1.17 bits per heavy atom. The van der Waals surface area contributed by atoms with Crippen LogP contribution in [0.2, 0.25) is 5.02 Å². The molecule has 3 amide bonds. The van der Waals surface area contributed by atoms with E-state index in [1.165, 1.54) is 19.2 Å². The Morgan fingerprint density at radius 2 is 1.90 bits per heavy atom. The van der Waals surface area contributed by atoms with Crippen LogP contribution in [-0.4, -0.2) is 37.1 Å². The van der Waals surface area contributed by atoms with E-state index in [0.29, 0.717) is 0 Å². The normalized spacial score (nSPS) is 17.9. The highest BCUT2D eigenvalue weighted by Gasteiger charge is 2.49. The van der Waals surface area contributed by atoms with Crippen LogP contribution in [0.15, 0.2) is 41.4 Å². The monoisotopic (exact) mass is 435 g/mol. The van der Waals surface area contributed by atoms with Gasteiger partial charge in [0.05, 0.1) is 22.9 Å². The molecule has 3 rings (SSSR count). The largest absolute Gasteiger partial charge is 0.367 e. The molecule has 0 spiro atoms. The molecule has 0 aromatic heterocycles. The smallest absolute Gasteiger partial charge is 0.267 e. The minimum Gasteiger partial charge on any atom is -0.367 e. The molecule has 0 radical (unpaired) electrons. The van der Waals surface area contributed by atoms with Gasteiger partial charge in [-0.1, -0.05) is 17.7 Å². The molecule has 0 saturated carbocycles. The highest BCUT2D eigenvalue weighted by molar-refractivity contribution is 6.47. The Hall–Kier alpha value is -3.37. The predicted molar refractivity (Wildman–Crippen MR) is 106 cm³/mol. The van der Waals surface area contributed by atoms with E-state index >= 15 is 0 Å². The van der Waals surface area contributed by atoms with E-state index in [1.54, 1.807) is 0 Å². The summed E-state index contributed by atoms with van der Waals surface area (Å²) in [7, 11) is 1.36. The van der Waals surface area contributed by atoms with E-state index in [0.717, 1.165) is 24.3 Å². The second kappa shape index (κ2) is 8.17. The number of benzene rings is 2. The maximum absolute atomic E-state index is 14.8. The number of carbonyl (C=O) groups excluding carboxylic acids is 3. The number of carbonyl (C=O) groups is 3. The van der Waals surface area contributed by atoms with Gasteiger partial charge in [-0.25, -0.2) is 8.78 Å². The first-order valence-electron chi connectivity index (χ1n) is 8.59. The van der Waals surface area contributed by atoms with Gasteiger partial charge in [-0.15, -0.1) is 0 Å². The van der Waals surface area contributed by atoms with E-state index in [4.69, 9.17) is 17.3 Å². The van der Waals surface area contributed by atoms with Crippen LogP contribution in [0.25, 0.3) is 0 Å². The lowest BCUT2D eigenvalue weighted by Gasteiger charge is -2.27. The fourth-order valence-electron chi connectivity index (χ4n) is 3.10. The van der Waals surface area contributed by atoms with Crippen molar-refractivity contribution in [3.63, 3.8) is 0 Å². The van der Waals surface area contributed by atoms with Gasteiger partial charge in [-0.05, 0) is 35.9 Å². The number of amides is 3. The van der Waals surface area contributed by atoms with Crippen LogP contribution in [0.5, 0.6) is 0 Å². The van der Waals surface area contributed by atoms with Crippen LogP contribution in [0, 0.1) is 11.6 Å². The third-order valence-electron chi connectivity index (χ3n) is 4.57. The van der Waals surface area contributed by atoms with Gasteiger partial charge < -0.3 is 16.4 Å². The molecule has 0 aliphatic carbocycles. The van der Waals surface area contributed by atoms with E-state index in [1.807, 2.05) is 0 Å². The molecule has 1 heterocycles. The predicted octanol–water partition coefficient (Wildman–Crippen LogP) is 1.30. The molecule has 2 aromatic carbocycles. The van der Waals surface area contributed by atoms with E-state index in [9.17, 15) is 23.2 Å². The van der Waals surface area contributed by atoms with Gasteiger partial charge in [0.15, 0.2) is 5.54 Å². The maximum atomic E-state index is 14.8. The van der Waals surface area contributed by atoms with Crippen LogP contribution in [0.4, 0.5) is 14.5 Å². The number of nitrogens with zero attached hydrogens (tertiary/aromatic N) is 1. The first-order valence-corrected chi connectivity index (χ1v) is 8.97. The summed E-state index contributed by atoms with van der Waals surface area (Å²) in [5.74, 6) is -3.88. The Balaban J connectivity index is 1.94. The third-order valence-corrected chi connectivity index (χ3v) is 4.89. The van der Waals surface area contributed by atoms with Gasteiger partial charge in [0, 0.05) is 7.05 Å². The first kappa shape index (κ1) is 21.3. The topological polar surface area (TPSA) is 126 Å². The highest BCUT2D eigenvalue weighted by Crippen LogP contribution is 2.30. The van der Waals surface area contributed by atoms with Crippen LogP contribution < -0.4 is 21.7 Å². The molecule has 1 atom stereocenters. The first-order chi connectivity index (χ1) is 14.2. The molecular weight excluding hydrogens is 420 g/mol. The van der Waals surface area contributed by atoms with Gasteiger partial charge in [-0.2, -0.15) is 0 Å². The standard InChI is InChI=1S/C19H16ClF2N5O3/c1-24-17(29)15-19(18(23)30,26-8-25-15)9-2-5-14(13(22)6-9)27-16(28)11-4-3-10(21)7-12(11)20/h2-7,26H,8H2,1H3,(H2,23,30)(H,24,29)(H,27,28). The van der Waals surface area contributed by atoms with Crippen LogP contribution in [0.3, 0.4) is 0 Å². The number of hydrogen-bond acceptors (Lipinski definition) is 5. The lowest BCUT2D eigenvalue weighted by Crippen LogP contribution is -2.58. The number of aliphatic imine (C=N–C) groups is 1. The minimum absolute atomic E-state index is 0.0326. The van der Waals surface area contributed by atoms with Gasteiger partial charge >= 0.3 is 0 Å². The number of halogens is 3. The summed E-state index contributed by atoms with van der Waals surface area (Å²) in [6.07, 6.45) is 0. The van der Waals surface area contributed by atoms with Crippen molar-refractivity contribution < 1.29 is 23.2 Å². The Labute approximate surface area is 174 Å². The van der Waals surface area contributed by atoms with Crippen molar-refractivity contribution in [2.45, 2.75) is 5.54 Å². The van der Waals surface area contributed by atoms with Crippen molar-refractivity contribution in [1.29, 1.82) is 0 Å². The average molecular weight is 436 g/mol. The van der Waals surface area contributed by atoms with Crippen molar-refractivity contribution in [3.05, 3.63) is 64.2 Å². The molecule has 0 bridgehead atoms. The SMILES string of the molecule is CNC(=O)C1=NCNC1(C(N)=O)c1ccc(NC(=O)c2ccc(F)cc2Cl)c(F)c1. The van der Waals surface area contributed by atoms with Crippen LogP contribution >= 0.6 is 11.6 Å². The fourth-order valence-corrected chi connectivity index (χ4v) is 3.35. The second-order valence-electron chi connectivity index (χ2n) is 6.31. The summed E-state index contributed by atoms with van der Waals surface area (Å²) in [5, 5.41) is 7.27. The van der Waals surface area contributed by atoms with Gasteiger partial charge in [0.25, 0.3) is 11.8 Å². The molecule has 5 N–H and O–H groups in total. The molecule has 1 aliphatic rings. The highest BCUT2D eigenvalue weighted by atomic mass is 35.5. The lowest BCUT2D eigenvalue weighted by atomic mass is 9.84. The van der Waals surface area contributed by atoms with Crippen LogP contribution in [-0.2, 0) is 15.1 Å². The quantitative estimate of drug-likeness (QED) is 0.564. The minimum atomic E-state index is -1.83. The Morgan fingerprint density at radius 3 is 2.50 bits per heavy atom. The Bertz CT molecular complexity index is 1090. The molecule has 0 saturated heterocycles.